The summed E-state index contributed by atoms with van der Waals surface area (Å²) >= 11 is 0. The van der Waals surface area contributed by atoms with E-state index in [1.165, 1.54) is 83.5 Å². The number of hydrogen-bond donors (Lipinski definition) is 4. The SMILES string of the molecule is CCCC/C=C\CCCCCCCC(=O)NC(CO)C(O)C(O)CCC/C=C/CCCCCCCCCC. The number of amides is 1. The Hall–Kier alpha value is -1.17. The lowest BCUT2D eigenvalue weighted by molar-refractivity contribution is -0.124. The van der Waals surface area contributed by atoms with E-state index in [4.69, 9.17) is 0 Å². The number of unbranched alkanes of at least 4 members (excludes halogenated alkanes) is 16. The van der Waals surface area contributed by atoms with Gasteiger partial charge in [0.1, 0.15) is 6.10 Å². The molecule has 0 fully saturated rings. The van der Waals surface area contributed by atoms with Crippen LogP contribution in [0.1, 0.15) is 155 Å². The Morgan fingerprint density at radius 1 is 0.632 bits per heavy atom. The van der Waals surface area contributed by atoms with Crippen molar-refractivity contribution in [3.05, 3.63) is 24.3 Å². The first-order chi connectivity index (χ1) is 18.6. The fourth-order valence-corrected chi connectivity index (χ4v) is 4.67. The molecular formula is C33H63NO4. The quantitative estimate of drug-likeness (QED) is 0.0603. The Balaban J connectivity index is 3.82. The van der Waals surface area contributed by atoms with Gasteiger partial charge in [-0.1, -0.05) is 115 Å². The van der Waals surface area contributed by atoms with E-state index in [0.717, 1.165) is 44.9 Å². The molecule has 0 aliphatic rings. The van der Waals surface area contributed by atoms with E-state index in [2.05, 4.69) is 43.5 Å². The molecule has 1 amide bonds. The number of hydrogen-bond acceptors (Lipinski definition) is 4. The molecule has 0 bridgehead atoms. The van der Waals surface area contributed by atoms with Gasteiger partial charge in [-0.3, -0.25) is 4.79 Å². The van der Waals surface area contributed by atoms with E-state index in [9.17, 15) is 20.1 Å². The number of aliphatic hydroxyl groups is 3. The molecule has 0 aromatic rings. The van der Waals surface area contributed by atoms with Gasteiger partial charge in [0.05, 0.1) is 18.8 Å². The second-order valence-electron chi connectivity index (χ2n) is 11.0. The Bertz CT molecular complexity index is 563. The summed E-state index contributed by atoms with van der Waals surface area (Å²) in [4.78, 5) is 12.3. The molecule has 0 rings (SSSR count). The molecule has 0 aromatic carbocycles. The third-order valence-electron chi connectivity index (χ3n) is 7.28. The van der Waals surface area contributed by atoms with Crippen molar-refractivity contribution in [3.63, 3.8) is 0 Å². The highest BCUT2D eigenvalue weighted by atomic mass is 16.3. The van der Waals surface area contributed by atoms with Crippen LogP contribution in [0.25, 0.3) is 0 Å². The number of nitrogens with one attached hydrogen (secondary N) is 1. The molecule has 0 aliphatic heterocycles. The van der Waals surface area contributed by atoms with Gasteiger partial charge in [0.15, 0.2) is 0 Å². The van der Waals surface area contributed by atoms with Crippen LogP contribution in [-0.4, -0.2) is 46.1 Å². The summed E-state index contributed by atoms with van der Waals surface area (Å²) in [5.74, 6) is -0.168. The van der Waals surface area contributed by atoms with Gasteiger partial charge in [-0.25, -0.2) is 0 Å². The normalized spacial score (nSPS) is 14.3. The first-order valence-electron chi connectivity index (χ1n) is 16.1. The van der Waals surface area contributed by atoms with E-state index in [-0.39, 0.29) is 12.5 Å². The van der Waals surface area contributed by atoms with Gasteiger partial charge in [-0.2, -0.15) is 0 Å². The van der Waals surface area contributed by atoms with Crippen molar-refractivity contribution in [1.82, 2.24) is 5.32 Å². The van der Waals surface area contributed by atoms with Crippen molar-refractivity contribution in [1.29, 1.82) is 0 Å². The molecule has 0 saturated heterocycles. The average Bonchev–Trinajstić information content (AvgIpc) is 2.92. The number of aliphatic hydroxyl groups excluding tert-OH is 3. The molecule has 0 aromatic heterocycles. The van der Waals surface area contributed by atoms with Gasteiger partial charge in [-0.05, 0) is 57.8 Å². The molecule has 38 heavy (non-hydrogen) atoms. The monoisotopic (exact) mass is 537 g/mol. The molecule has 224 valence electrons. The van der Waals surface area contributed by atoms with Crippen LogP contribution < -0.4 is 5.32 Å². The zero-order valence-corrected chi connectivity index (χ0v) is 25.1. The lowest BCUT2D eigenvalue weighted by atomic mass is 10.0. The maximum atomic E-state index is 12.3. The predicted molar refractivity (Wildman–Crippen MR) is 162 cm³/mol. The van der Waals surface area contributed by atoms with Gasteiger partial charge in [0.2, 0.25) is 5.91 Å². The molecule has 0 saturated carbocycles. The summed E-state index contributed by atoms with van der Waals surface area (Å²) in [6, 6.07) is -0.825. The largest absolute Gasteiger partial charge is 0.394 e. The maximum absolute atomic E-state index is 12.3. The van der Waals surface area contributed by atoms with Gasteiger partial charge >= 0.3 is 0 Å². The van der Waals surface area contributed by atoms with Crippen LogP contribution in [0.4, 0.5) is 0 Å². The molecule has 4 N–H and O–H groups in total. The summed E-state index contributed by atoms with van der Waals surface area (Å²) in [6.07, 6.45) is 31.2. The Morgan fingerprint density at radius 3 is 1.61 bits per heavy atom. The number of rotatable bonds is 28. The number of allylic oxidation sites excluding steroid dienone is 4. The summed E-state index contributed by atoms with van der Waals surface area (Å²) in [7, 11) is 0. The number of carbonyl (C=O) groups excluding carboxylic acids is 1. The Morgan fingerprint density at radius 2 is 1.08 bits per heavy atom. The van der Waals surface area contributed by atoms with Crippen LogP contribution in [0.15, 0.2) is 24.3 Å². The zero-order chi connectivity index (χ0) is 28.1. The maximum Gasteiger partial charge on any atom is 0.220 e. The molecular weight excluding hydrogens is 474 g/mol. The van der Waals surface area contributed by atoms with Crippen molar-refractivity contribution in [2.45, 2.75) is 173 Å². The minimum Gasteiger partial charge on any atom is -0.394 e. The lowest BCUT2D eigenvalue weighted by Crippen LogP contribution is -2.50. The van der Waals surface area contributed by atoms with E-state index >= 15 is 0 Å². The van der Waals surface area contributed by atoms with Crippen molar-refractivity contribution < 1.29 is 20.1 Å². The van der Waals surface area contributed by atoms with Crippen LogP contribution >= 0.6 is 0 Å². The fraction of sp³-hybridized carbons (Fsp3) is 0.848. The average molecular weight is 538 g/mol. The minimum atomic E-state index is -1.16. The highest BCUT2D eigenvalue weighted by Gasteiger charge is 2.26. The second kappa shape index (κ2) is 28.8. The van der Waals surface area contributed by atoms with Crippen molar-refractivity contribution >= 4 is 5.91 Å². The molecule has 3 atom stereocenters. The van der Waals surface area contributed by atoms with E-state index in [1.54, 1.807) is 0 Å². The third-order valence-corrected chi connectivity index (χ3v) is 7.28. The van der Waals surface area contributed by atoms with E-state index < -0.39 is 18.2 Å². The first kappa shape index (κ1) is 36.8. The molecule has 5 heteroatoms. The third kappa shape index (κ3) is 23.9. The topological polar surface area (TPSA) is 89.8 Å². The fourth-order valence-electron chi connectivity index (χ4n) is 4.67. The van der Waals surface area contributed by atoms with Crippen LogP contribution in [0, 0.1) is 0 Å². The highest BCUT2D eigenvalue weighted by molar-refractivity contribution is 5.76. The van der Waals surface area contributed by atoms with Crippen molar-refractivity contribution in [2.75, 3.05) is 6.61 Å². The van der Waals surface area contributed by atoms with Gasteiger partial charge in [-0.15, -0.1) is 0 Å². The lowest BCUT2D eigenvalue weighted by Gasteiger charge is -2.26. The second-order valence-corrected chi connectivity index (χ2v) is 11.0. The van der Waals surface area contributed by atoms with E-state index in [1.807, 2.05) is 0 Å². The summed E-state index contributed by atoms with van der Waals surface area (Å²) in [5, 5.41) is 33.1. The van der Waals surface area contributed by atoms with E-state index in [0.29, 0.717) is 12.8 Å². The van der Waals surface area contributed by atoms with Crippen LogP contribution in [-0.2, 0) is 4.79 Å². The van der Waals surface area contributed by atoms with Crippen LogP contribution in [0.3, 0.4) is 0 Å². The smallest absolute Gasteiger partial charge is 0.220 e. The molecule has 0 radical (unpaired) electrons. The standard InChI is InChI=1S/C33H63NO4/c1-3-5-7-9-11-13-15-16-18-19-21-23-25-27-31(36)33(38)30(29-35)34-32(37)28-26-24-22-20-17-14-12-10-8-6-4-2/h10,12,19,21,30-31,33,35-36,38H,3-9,11,13-18,20,22-29H2,1-2H3,(H,34,37)/b12-10-,21-19+. The number of carbonyl (C=O) groups is 1. The Kier molecular flexibility index (Phi) is 27.9. The van der Waals surface area contributed by atoms with Crippen molar-refractivity contribution in [3.8, 4) is 0 Å². The van der Waals surface area contributed by atoms with Crippen LogP contribution in [0.5, 0.6) is 0 Å². The first-order valence-corrected chi connectivity index (χ1v) is 16.1. The molecule has 5 nitrogen and oxygen atoms in total. The summed E-state index contributed by atoms with van der Waals surface area (Å²) in [6.45, 7) is 4.08. The summed E-state index contributed by atoms with van der Waals surface area (Å²) < 4.78 is 0. The zero-order valence-electron chi connectivity index (χ0n) is 25.1. The van der Waals surface area contributed by atoms with Gasteiger partial charge in [0.25, 0.3) is 0 Å². The van der Waals surface area contributed by atoms with Gasteiger partial charge < -0.3 is 20.6 Å². The molecule has 3 unspecified atom stereocenters. The highest BCUT2D eigenvalue weighted by Crippen LogP contribution is 2.13. The van der Waals surface area contributed by atoms with Crippen molar-refractivity contribution in [2.24, 2.45) is 0 Å². The molecule has 0 aliphatic carbocycles. The minimum absolute atomic E-state index is 0.168. The molecule has 0 heterocycles. The Labute approximate surface area is 235 Å². The predicted octanol–water partition coefficient (Wildman–Crippen LogP) is 7.92. The summed E-state index contributed by atoms with van der Waals surface area (Å²) in [5.41, 5.74) is 0. The van der Waals surface area contributed by atoms with Gasteiger partial charge in [0, 0.05) is 6.42 Å². The molecule has 0 spiro atoms. The van der Waals surface area contributed by atoms with Crippen LogP contribution in [0.2, 0.25) is 0 Å².